The zero-order valence-corrected chi connectivity index (χ0v) is 16.1. The van der Waals surface area contributed by atoms with E-state index in [9.17, 15) is 0 Å². The highest BCUT2D eigenvalue weighted by Crippen LogP contribution is 2.36. The zero-order chi connectivity index (χ0) is 14.4. The summed E-state index contributed by atoms with van der Waals surface area (Å²) in [5, 5.41) is 10.6. The molecule has 120 valence electrons. The van der Waals surface area contributed by atoms with Crippen LogP contribution in [-0.4, -0.2) is 35.2 Å². The number of aliphatic imine (C=N–C) groups is 1. The highest BCUT2D eigenvalue weighted by atomic mass is 127. The number of aromatic nitrogens is 1. The van der Waals surface area contributed by atoms with Crippen molar-refractivity contribution in [3.63, 3.8) is 0 Å². The number of hydrogen-bond donors (Lipinski definition) is 2. The number of thioether (sulfide) groups is 1. The van der Waals surface area contributed by atoms with Crippen molar-refractivity contribution >= 4 is 41.7 Å². The van der Waals surface area contributed by atoms with Crippen LogP contribution in [-0.2, 0) is 13.0 Å². The summed E-state index contributed by atoms with van der Waals surface area (Å²) < 4.78 is 5.58. The van der Waals surface area contributed by atoms with Crippen LogP contribution in [0.15, 0.2) is 15.6 Å². The van der Waals surface area contributed by atoms with Gasteiger partial charge in [-0.2, -0.15) is 11.8 Å². The van der Waals surface area contributed by atoms with Crippen LogP contribution in [0.3, 0.4) is 0 Å². The molecule has 0 aliphatic carbocycles. The highest BCUT2D eigenvalue weighted by Gasteiger charge is 2.29. The molecule has 0 spiro atoms. The molecule has 1 saturated heterocycles. The highest BCUT2D eigenvalue weighted by molar-refractivity contribution is 14.0. The molecule has 1 unspecified atom stereocenters. The van der Waals surface area contributed by atoms with E-state index in [1.54, 1.807) is 7.05 Å². The lowest BCUT2D eigenvalue weighted by atomic mass is 10.1. The van der Waals surface area contributed by atoms with Crippen LogP contribution < -0.4 is 10.6 Å². The van der Waals surface area contributed by atoms with Crippen molar-refractivity contribution in [3.8, 4) is 0 Å². The Kier molecular flexibility index (Phi) is 7.86. The lowest BCUT2D eigenvalue weighted by Gasteiger charge is -2.24. The van der Waals surface area contributed by atoms with E-state index in [0.29, 0.717) is 11.3 Å². The van der Waals surface area contributed by atoms with Crippen molar-refractivity contribution in [1.29, 1.82) is 0 Å². The topological polar surface area (TPSA) is 62.5 Å². The molecule has 1 aliphatic heterocycles. The molecular formula is C14H25IN4OS. The van der Waals surface area contributed by atoms with Gasteiger partial charge in [0.1, 0.15) is 0 Å². The van der Waals surface area contributed by atoms with Crippen LogP contribution in [0.1, 0.15) is 38.1 Å². The molecule has 1 aromatic heterocycles. The summed E-state index contributed by atoms with van der Waals surface area (Å²) in [6, 6.07) is 1.98. The molecule has 1 aromatic rings. The number of rotatable bonds is 5. The number of nitrogens with zero attached hydrogens (tertiary/aromatic N) is 2. The van der Waals surface area contributed by atoms with Gasteiger partial charge in [-0.25, -0.2) is 0 Å². The standard InChI is InChI=1S/C14H24N4OS.HI/c1-4-11-8-12(19-18-11)9-16-13(15-3)17-10-14(2)6-5-7-20-14;/h8H,4-7,9-10H2,1-3H3,(H2,15,16,17);1H. The molecule has 1 fully saturated rings. The Hall–Kier alpha value is -0.440. The summed E-state index contributed by atoms with van der Waals surface area (Å²) in [6.45, 7) is 5.93. The van der Waals surface area contributed by atoms with E-state index < -0.39 is 0 Å². The molecule has 1 atom stereocenters. The van der Waals surface area contributed by atoms with Gasteiger partial charge in [0.05, 0.1) is 12.2 Å². The van der Waals surface area contributed by atoms with E-state index in [2.05, 4.69) is 34.6 Å². The van der Waals surface area contributed by atoms with Crippen LogP contribution in [0.5, 0.6) is 0 Å². The summed E-state index contributed by atoms with van der Waals surface area (Å²) in [5.74, 6) is 2.92. The van der Waals surface area contributed by atoms with Gasteiger partial charge in [0, 0.05) is 24.4 Å². The Labute approximate surface area is 148 Å². The van der Waals surface area contributed by atoms with Crippen LogP contribution in [0.4, 0.5) is 0 Å². The van der Waals surface area contributed by atoms with Gasteiger partial charge in [0.15, 0.2) is 11.7 Å². The van der Waals surface area contributed by atoms with Crippen molar-refractivity contribution in [2.75, 3.05) is 19.3 Å². The normalized spacial score (nSPS) is 22.0. The average molecular weight is 424 g/mol. The Morgan fingerprint density at radius 3 is 2.90 bits per heavy atom. The van der Waals surface area contributed by atoms with Gasteiger partial charge in [-0.1, -0.05) is 12.1 Å². The van der Waals surface area contributed by atoms with Crippen molar-refractivity contribution < 1.29 is 4.52 Å². The smallest absolute Gasteiger partial charge is 0.191 e. The molecule has 2 heterocycles. The molecule has 5 nitrogen and oxygen atoms in total. The maximum atomic E-state index is 5.25. The summed E-state index contributed by atoms with van der Waals surface area (Å²) in [6.07, 6.45) is 3.47. The molecule has 0 radical (unpaired) electrons. The SMILES string of the molecule is CCc1cc(CNC(=NC)NCC2(C)CCCS2)on1.I. The molecule has 0 saturated carbocycles. The first-order valence-electron chi connectivity index (χ1n) is 7.18. The van der Waals surface area contributed by atoms with Gasteiger partial charge in [-0.15, -0.1) is 24.0 Å². The lowest BCUT2D eigenvalue weighted by Crippen LogP contribution is -2.43. The van der Waals surface area contributed by atoms with Crippen LogP contribution in [0.2, 0.25) is 0 Å². The van der Waals surface area contributed by atoms with E-state index in [1.807, 2.05) is 17.8 Å². The Morgan fingerprint density at radius 1 is 1.52 bits per heavy atom. The third-order valence-corrected chi connectivity index (χ3v) is 5.09. The molecule has 7 heteroatoms. The van der Waals surface area contributed by atoms with Crippen molar-refractivity contribution in [1.82, 2.24) is 15.8 Å². The maximum absolute atomic E-state index is 5.25. The van der Waals surface area contributed by atoms with Gasteiger partial charge in [0.2, 0.25) is 0 Å². The lowest BCUT2D eigenvalue weighted by molar-refractivity contribution is 0.374. The minimum Gasteiger partial charge on any atom is -0.359 e. The predicted molar refractivity (Wildman–Crippen MR) is 99.6 cm³/mol. The number of halogens is 1. The minimum atomic E-state index is 0. The van der Waals surface area contributed by atoms with E-state index in [0.717, 1.165) is 30.4 Å². The van der Waals surface area contributed by atoms with Gasteiger partial charge < -0.3 is 15.2 Å². The number of hydrogen-bond acceptors (Lipinski definition) is 4. The van der Waals surface area contributed by atoms with Crippen LogP contribution in [0, 0.1) is 0 Å². The molecule has 2 rings (SSSR count). The molecule has 0 bridgehead atoms. The summed E-state index contributed by atoms with van der Waals surface area (Å²) in [4.78, 5) is 4.25. The van der Waals surface area contributed by atoms with E-state index >= 15 is 0 Å². The monoisotopic (exact) mass is 424 g/mol. The van der Waals surface area contributed by atoms with Gasteiger partial charge in [0.25, 0.3) is 0 Å². The van der Waals surface area contributed by atoms with Crippen LogP contribution >= 0.6 is 35.7 Å². The van der Waals surface area contributed by atoms with Crippen molar-refractivity contribution in [2.45, 2.75) is 44.4 Å². The third kappa shape index (κ3) is 5.69. The molecule has 0 amide bonds. The Bertz CT molecular complexity index is 458. The first kappa shape index (κ1) is 18.6. The molecule has 0 aromatic carbocycles. The zero-order valence-electron chi connectivity index (χ0n) is 12.9. The average Bonchev–Trinajstić information content (AvgIpc) is 3.08. The quantitative estimate of drug-likeness (QED) is 0.433. The van der Waals surface area contributed by atoms with Crippen molar-refractivity contribution in [3.05, 3.63) is 17.5 Å². The molecule has 2 N–H and O–H groups in total. The van der Waals surface area contributed by atoms with E-state index in [-0.39, 0.29) is 24.0 Å². The Morgan fingerprint density at radius 2 is 2.33 bits per heavy atom. The van der Waals surface area contributed by atoms with E-state index in [4.69, 9.17) is 4.52 Å². The minimum absolute atomic E-state index is 0. The van der Waals surface area contributed by atoms with Crippen LogP contribution in [0.25, 0.3) is 0 Å². The molecule has 1 aliphatic rings. The first-order chi connectivity index (χ1) is 9.65. The van der Waals surface area contributed by atoms with Crippen molar-refractivity contribution in [2.24, 2.45) is 4.99 Å². The third-order valence-electron chi connectivity index (χ3n) is 3.55. The predicted octanol–water partition coefficient (Wildman–Crippen LogP) is 2.81. The number of nitrogens with one attached hydrogen (secondary N) is 2. The number of aryl methyl sites for hydroxylation is 1. The fourth-order valence-corrected chi connectivity index (χ4v) is 3.49. The second-order valence-electron chi connectivity index (χ2n) is 5.32. The second-order valence-corrected chi connectivity index (χ2v) is 7.00. The second kappa shape index (κ2) is 8.87. The largest absolute Gasteiger partial charge is 0.359 e. The number of guanidine groups is 1. The van der Waals surface area contributed by atoms with Gasteiger partial charge >= 0.3 is 0 Å². The first-order valence-corrected chi connectivity index (χ1v) is 8.17. The van der Waals surface area contributed by atoms with Gasteiger partial charge in [-0.3, -0.25) is 4.99 Å². The fraction of sp³-hybridized carbons (Fsp3) is 0.714. The maximum Gasteiger partial charge on any atom is 0.191 e. The summed E-state index contributed by atoms with van der Waals surface area (Å²) in [5.41, 5.74) is 0.986. The van der Waals surface area contributed by atoms with E-state index in [1.165, 1.54) is 18.6 Å². The van der Waals surface area contributed by atoms with Gasteiger partial charge in [-0.05, 0) is 31.9 Å². The summed E-state index contributed by atoms with van der Waals surface area (Å²) in [7, 11) is 1.79. The summed E-state index contributed by atoms with van der Waals surface area (Å²) >= 11 is 2.04. The molecular weight excluding hydrogens is 399 g/mol. The molecule has 21 heavy (non-hydrogen) atoms. The Balaban J connectivity index is 0.00000220. The fourth-order valence-electron chi connectivity index (χ4n) is 2.24.